The minimum absolute atomic E-state index is 0.0174. The van der Waals surface area contributed by atoms with Gasteiger partial charge in [-0.1, -0.05) is 12.1 Å². The summed E-state index contributed by atoms with van der Waals surface area (Å²) in [6.07, 6.45) is 1.73. The zero-order valence-electron chi connectivity index (χ0n) is 19.6. The van der Waals surface area contributed by atoms with Crippen molar-refractivity contribution in [3.05, 3.63) is 47.7 Å². The first-order chi connectivity index (χ1) is 16.0. The van der Waals surface area contributed by atoms with E-state index in [4.69, 9.17) is 24.2 Å². The number of anilines is 1. The third kappa shape index (κ3) is 4.79. The molecule has 1 aliphatic heterocycles. The number of ether oxygens (including phenoxy) is 3. The van der Waals surface area contributed by atoms with Crippen LogP contribution in [0.1, 0.15) is 24.1 Å². The molecule has 174 valence electrons. The van der Waals surface area contributed by atoms with Gasteiger partial charge in [-0.25, -0.2) is 9.97 Å². The van der Waals surface area contributed by atoms with Crippen molar-refractivity contribution in [3.63, 3.8) is 0 Å². The van der Waals surface area contributed by atoms with E-state index in [2.05, 4.69) is 10.2 Å². The Balaban J connectivity index is 1.47. The molecule has 2 aromatic carbocycles. The molecule has 1 unspecified atom stereocenters. The van der Waals surface area contributed by atoms with Gasteiger partial charge in [0.15, 0.2) is 11.5 Å². The Morgan fingerprint density at radius 2 is 1.97 bits per heavy atom. The zero-order valence-corrected chi connectivity index (χ0v) is 19.6. The molecule has 0 aliphatic carbocycles. The molecular formula is C25H30N4O4. The number of aromatic nitrogens is 2. The summed E-state index contributed by atoms with van der Waals surface area (Å²) < 4.78 is 16.2. The highest BCUT2D eigenvalue weighted by atomic mass is 16.5. The Hall–Kier alpha value is -3.55. The van der Waals surface area contributed by atoms with E-state index >= 15 is 0 Å². The third-order valence-electron chi connectivity index (χ3n) is 6.10. The van der Waals surface area contributed by atoms with Crippen LogP contribution in [0.3, 0.4) is 0 Å². The molecule has 1 amide bonds. The fraction of sp³-hybridized carbons (Fsp3) is 0.400. The lowest BCUT2D eigenvalue weighted by Crippen LogP contribution is -2.43. The monoisotopic (exact) mass is 450 g/mol. The molecule has 1 fully saturated rings. The molecule has 1 atom stereocenters. The van der Waals surface area contributed by atoms with Crippen molar-refractivity contribution in [2.75, 3.05) is 39.3 Å². The van der Waals surface area contributed by atoms with E-state index in [-0.39, 0.29) is 11.8 Å². The minimum atomic E-state index is -0.139. The highest BCUT2D eigenvalue weighted by Gasteiger charge is 2.27. The maximum atomic E-state index is 13.0. The first-order valence-corrected chi connectivity index (χ1v) is 11.1. The van der Waals surface area contributed by atoms with E-state index in [1.165, 1.54) is 0 Å². The fourth-order valence-corrected chi connectivity index (χ4v) is 4.31. The van der Waals surface area contributed by atoms with Crippen LogP contribution in [0.2, 0.25) is 0 Å². The average molecular weight is 451 g/mol. The number of carbonyl (C=O) groups is 1. The smallest absolute Gasteiger partial charge is 0.226 e. The number of hydrogen-bond donors (Lipinski definition) is 1. The second-order valence-electron chi connectivity index (χ2n) is 8.15. The average Bonchev–Trinajstić information content (AvgIpc) is 2.86. The van der Waals surface area contributed by atoms with Crippen LogP contribution in [0.25, 0.3) is 10.9 Å². The van der Waals surface area contributed by atoms with Gasteiger partial charge < -0.3 is 24.4 Å². The summed E-state index contributed by atoms with van der Waals surface area (Å²) in [6, 6.07) is 11.5. The first kappa shape index (κ1) is 22.6. The maximum Gasteiger partial charge on any atom is 0.226 e. The highest BCUT2D eigenvalue weighted by Crippen LogP contribution is 2.31. The van der Waals surface area contributed by atoms with Crippen molar-refractivity contribution in [3.8, 4) is 17.2 Å². The van der Waals surface area contributed by atoms with Gasteiger partial charge in [0.2, 0.25) is 11.9 Å². The van der Waals surface area contributed by atoms with Gasteiger partial charge in [-0.15, -0.1) is 0 Å². The van der Waals surface area contributed by atoms with Crippen molar-refractivity contribution in [1.82, 2.24) is 15.3 Å². The summed E-state index contributed by atoms with van der Waals surface area (Å²) in [5.41, 5.74) is 2.63. The Morgan fingerprint density at radius 1 is 1.12 bits per heavy atom. The summed E-state index contributed by atoms with van der Waals surface area (Å²) in [4.78, 5) is 24.6. The molecule has 3 aromatic rings. The van der Waals surface area contributed by atoms with E-state index < -0.39 is 0 Å². The van der Waals surface area contributed by atoms with E-state index in [0.717, 1.165) is 47.3 Å². The van der Waals surface area contributed by atoms with E-state index in [1.807, 2.05) is 43.3 Å². The third-order valence-corrected chi connectivity index (χ3v) is 6.10. The lowest BCUT2D eigenvalue weighted by molar-refractivity contribution is -0.125. The highest BCUT2D eigenvalue weighted by molar-refractivity contribution is 5.83. The largest absolute Gasteiger partial charge is 0.497 e. The number of nitrogens with one attached hydrogen (secondary N) is 1. The van der Waals surface area contributed by atoms with Gasteiger partial charge in [-0.3, -0.25) is 4.79 Å². The zero-order chi connectivity index (χ0) is 23.4. The number of carbonyl (C=O) groups excluding carboxylic acids is 1. The number of piperidine rings is 1. The van der Waals surface area contributed by atoms with E-state index in [1.54, 1.807) is 21.3 Å². The SMILES string of the molecule is COc1ccc2c(C)nc(N3CCCC(C(=O)NCc4cccc(OC)c4OC)C3)nc2c1. The number of nitrogens with zero attached hydrogens (tertiary/aromatic N) is 3. The van der Waals surface area contributed by atoms with Crippen LogP contribution < -0.4 is 24.4 Å². The van der Waals surface area contributed by atoms with Gasteiger partial charge in [-0.05, 0) is 38.0 Å². The molecule has 33 heavy (non-hydrogen) atoms. The summed E-state index contributed by atoms with van der Waals surface area (Å²) >= 11 is 0. The molecule has 1 N–H and O–H groups in total. The van der Waals surface area contributed by atoms with Gasteiger partial charge in [0.25, 0.3) is 0 Å². The van der Waals surface area contributed by atoms with Gasteiger partial charge in [-0.2, -0.15) is 0 Å². The quantitative estimate of drug-likeness (QED) is 0.590. The van der Waals surface area contributed by atoms with Crippen molar-refractivity contribution in [2.45, 2.75) is 26.3 Å². The van der Waals surface area contributed by atoms with Crippen molar-refractivity contribution >= 4 is 22.8 Å². The molecule has 0 radical (unpaired) electrons. The molecular weight excluding hydrogens is 420 g/mol. The van der Waals surface area contributed by atoms with Crippen molar-refractivity contribution in [1.29, 1.82) is 0 Å². The van der Waals surface area contributed by atoms with Gasteiger partial charge in [0.1, 0.15) is 5.75 Å². The molecule has 8 heteroatoms. The van der Waals surface area contributed by atoms with Gasteiger partial charge >= 0.3 is 0 Å². The predicted molar refractivity (Wildman–Crippen MR) is 127 cm³/mol. The van der Waals surface area contributed by atoms with Gasteiger partial charge in [0, 0.05) is 36.7 Å². The number of rotatable bonds is 7. The van der Waals surface area contributed by atoms with Crippen LogP contribution in [0.4, 0.5) is 5.95 Å². The number of amides is 1. The minimum Gasteiger partial charge on any atom is -0.497 e. The molecule has 8 nitrogen and oxygen atoms in total. The van der Waals surface area contributed by atoms with Crippen LogP contribution in [-0.4, -0.2) is 50.3 Å². The van der Waals surface area contributed by atoms with E-state index in [0.29, 0.717) is 30.5 Å². The standard InChI is InChI=1S/C25H30N4O4/c1-16-20-11-10-19(31-2)13-21(20)28-25(27-16)29-12-6-8-18(15-29)24(30)26-14-17-7-5-9-22(32-3)23(17)33-4/h5,7,9-11,13,18H,6,8,12,14-15H2,1-4H3,(H,26,30). The van der Waals surface area contributed by atoms with Crippen LogP contribution in [0.5, 0.6) is 17.2 Å². The summed E-state index contributed by atoms with van der Waals surface area (Å²) in [7, 11) is 4.85. The Kier molecular flexibility index (Phi) is 6.82. The van der Waals surface area contributed by atoms with Crippen LogP contribution in [-0.2, 0) is 11.3 Å². The molecule has 1 saturated heterocycles. The van der Waals surface area contributed by atoms with Crippen LogP contribution in [0.15, 0.2) is 36.4 Å². The Labute approximate surface area is 193 Å². The number of aryl methyl sites for hydroxylation is 1. The maximum absolute atomic E-state index is 13.0. The normalized spacial score (nSPS) is 15.9. The number of fused-ring (bicyclic) bond motifs is 1. The molecule has 0 saturated carbocycles. The second-order valence-corrected chi connectivity index (χ2v) is 8.15. The number of para-hydroxylation sites is 1. The number of benzene rings is 2. The Bertz CT molecular complexity index is 1150. The molecule has 1 aromatic heterocycles. The molecule has 1 aliphatic rings. The molecule has 2 heterocycles. The number of methoxy groups -OCH3 is 3. The second kappa shape index (κ2) is 9.94. The Morgan fingerprint density at radius 3 is 2.73 bits per heavy atom. The summed E-state index contributed by atoms with van der Waals surface area (Å²) in [6.45, 7) is 3.76. The van der Waals surface area contributed by atoms with Crippen molar-refractivity contribution in [2.24, 2.45) is 5.92 Å². The molecule has 0 bridgehead atoms. The topological polar surface area (TPSA) is 85.8 Å². The van der Waals surface area contributed by atoms with Crippen molar-refractivity contribution < 1.29 is 19.0 Å². The number of hydrogen-bond acceptors (Lipinski definition) is 7. The van der Waals surface area contributed by atoms with Gasteiger partial charge in [0.05, 0.1) is 38.5 Å². The summed E-state index contributed by atoms with van der Waals surface area (Å²) in [5.74, 6) is 2.58. The first-order valence-electron chi connectivity index (χ1n) is 11.1. The molecule has 0 spiro atoms. The predicted octanol–water partition coefficient (Wildman–Crippen LogP) is 3.50. The fourth-order valence-electron chi connectivity index (χ4n) is 4.31. The van der Waals surface area contributed by atoms with Crippen LogP contribution >= 0.6 is 0 Å². The lowest BCUT2D eigenvalue weighted by atomic mass is 9.97. The molecule has 4 rings (SSSR count). The lowest BCUT2D eigenvalue weighted by Gasteiger charge is -2.32. The van der Waals surface area contributed by atoms with Crippen LogP contribution in [0, 0.1) is 12.8 Å². The summed E-state index contributed by atoms with van der Waals surface area (Å²) in [5, 5.41) is 4.06. The van der Waals surface area contributed by atoms with E-state index in [9.17, 15) is 4.79 Å².